The number of carboxylic acid groups (broad SMARTS) is 1. The molecule has 2 heterocycles. The fraction of sp³-hybridized carbons (Fsp3) is 0.895. The second kappa shape index (κ2) is 4.67. The van der Waals surface area contributed by atoms with Crippen molar-refractivity contribution in [2.75, 3.05) is 13.1 Å². The van der Waals surface area contributed by atoms with Gasteiger partial charge in [-0.2, -0.15) is 0 Å². The molecule has 1 unspecified atom stereocenters. The van der Waals surface area contributed by atoms with E-state index in [2.05, 4.69) is 9.80 Å². The minimum Gasteiger partial charge on any atom is -0.481 e. The average molecular weight is 332 g/mol. The van der Waals surface area contributed by atoms with Crippen LogP contribution < -0.4 is 0 Å². The number of amides is 2. The molecular formula is C19H28N2O3. The molecule has 0 aromatic heterocycles. The molecule has 5 heteroatoms. The lowest BCUT2D eigenvalue weighted by Gasteiger charge is -2.55. The van der Waals surface area contributed by atoms with Gasteiger partial charge in [0.15, 0.2) is 0 Å². The molecule has 6 rings (SSSR count). The second-order valence-electron chi connectivity index (χ2n) is 9.31. The van der Waals surface area contributed by atoms with E-state index in [1.807, 2.05) is 0 Å². The molecule has 6 fully saturated rings. The first kappa shape index (κ1) is 15.0. The third kappa shape index (κ3) is 1.87. The molecule has 0 aromatic rings. The molecule has 0 radical (unpaired) electrons. The van der Waals surface area contributed by atoms with Gasteiger partial charge in [0.05, 0.1) is 11.0 Å². The van der Waals surface area contributed by atoms with Crippen LogP contribution in [0.3, 0.4) is 0 Å². The van der Waals surface area contributed by atoms with E-state index >= 15 is 0 Å². The highest BCUT2D eigenvalue weighted by atomic mass is 16.4. The Hall–Kier alpha value is -1.26. The Morgan fingerprint density at radius 1 is 1.04 bits per heavy atom. The quantitative estimate of drug-likeness (QED) is 0.860. The van der Waals surface area contributed by atoms with Gasteiger partial charge in [-0.05, 0) is 63.7 Å². The smallest absolute Gasteiger partial charge is 0.321 e. The minimum absolute atomic E-state index is 0.0465. The molecule has 132 valence electrons. The van der Waals surface area contributed by atoms with E-state index in [9.17, 15) is 14.7 Å². The second-order valence-corrected chi connectivity index (χ2v) is 9.31. The Balaban J connectivity index is 1.40. The average Bonchev–Trinajstić information content (AvgIpc) is 3.23. The summed E-state index contributed by atoms with van der Waals surface area (Å²) in [6, 6.07) is 0.262. The van der Waals surface area contributed by atoms with E-state index < -0.39 is 11.4 Å². The van der Waals surface area contributed by atoms with Gasteiger partial charge in [-0.15, -0.1) is 0 Å². The monoisotopic (exact) mass is 332 g/mol. The molecule has 4 aliphatic carbocycles. The molecule has 4 saturated carbocycles. The number of carboxylic acids is 1. The number of hydrogen-bond acceptors (Lipinski definition) is 2. The van der Waals surface area contributed by atoms with Crippen LogP contribution in [-0.4, -0.2) is 51.1 Å². The molecule has 2 amide bonds. The standard InChI is InChI=1S/C19H28N2O3/c22-15(23)17-5-8-18(9-6-17,10-7-17)21-13-19(12-14-2-3-14)4-1-11-20(19)16(21)24/h14H,1-13H2,(H,22,23). The van der Waals surface area contributed by atoms with Crippen molar-refractivity contribution in [1.82, 2.24) is 9.80 Å². The first-order valence-corrected chi connectivity index (χ1v) is 9.82. The van der Waals surface area contributed by atoms with Crippen LogP contribution in [0.4, 0.5) is 4.79 Å². The number of aliphatic carboxylic acids is 1. The van der Waals surface area contributed by atoms with E-state index in [4.69, 9.17) is 0 Å². The predicted molar refractivity (Wildman–Crippen MR) is 88.6 cm³/mol. The van der Waals surface area contributed by atoms with Crippen molar-refractivity contribution in [3.8, 4) is 0 Å². The zero-order valence-electron chi connectivity index (χ0n) is 14.4. The number of urea groups is 1. The van der Waals surface area contributed by atoms with E-state index in [0.29, 0.717) is 0 Å². The molecule has 24 heavy (non-hydrogen) atoms. The summed E-state index contributed by atoms with van der Waals surface area (Å²) in [5, 5.41) is 9.60. The number of carbonyl (C=O) groups excluding carboxylic acids is 1. The van der Waals surface area contributed by atoms with Crippen molar-refractivity contribution < 1.29 is 14.7 Å². The fourth-order valence-corrected chi connectivity index (χ4v) is 6.31. The van der Waals surface area contributed by atoms with Gasteiger partial charge in [-0.3, -0.25) is 4.79 Å². The molecule has 1 atom stereocenters. The zero-order valence-corrected chi connectivity index (χ0v) is 14.4. The third-order valence-electron chi connectivity index (χ3n) is 8.11. The number of nitrogens with zero attached hydrogens (tertiary/aromatic N) is 2. The number of rotatable bonds is 4. The lowest BCUT2D eigenvalue weighted by molar-refractivity contribution is -0.159. The summed E-state index contributed by atoms with van der Waals surface area (Å²) in [6.07, 6.45) is 11.1. The Labute approximate surface area is 143 Å². The summed E-state index contributed by atoms with van der Waals surface area (Å²) >= 11 is 0. The molecule has 1 N–H and O–H groups in total. The summed E-state index contributed by atoms with van der Waals surface area (Å²) in [6.45, 7) is 1.83. The van der Waals surface area contributed by atoms with Crippen LogP contribution >= 0.6 is 0 Å². The Bertz CT molecular complexity index is 575. The van der Waals surface area contributed by atoms with Crippen LogP contribution in [-0.2, 0) is 4.79 Å². The summed E-state index contributed by atoms with van der Waals surface area (Å²) < 4.78 is 0. The normalized spacial score (nSPS) is 44.2. The van der Waals surface area contributed by atoms with Gasteiger partial charge in [0.1, 0.15) is 0 Å². The molecule has 0 spiro atoms. The van der Waals surface area contributed by atoms with E-state index in [1.54, 1.807) is 0 Å². The maximum absolute atomic E-state index is 13.2. The lowest BCUT2D eigenvalue weighted by Crippen LogP contribution is -2.59. The van der Waals surface area contributed by atoms with E-state index in [0.717, 1.165) is 64.0 Å². The fourth-order valence-electron chi connectivity index (χ4n) is 6.31. The van der Waals surface area contributed by atoms with Crippen LogP contribution in [0.15, 0.2) is 0 Å². The zero-order chi connectivity index (χ0) is 16.6. The van der Waals surface area contributed by atoms with E-state index in [1.165, 1.54) is 25.7 Å². The van der Waals surface area contributed by atoms with Crippen LogP contribution in [0.25, 0.3) is 0 Å². The van der Waals surface area contributed by atoms with Gasteiger partial charge in [0.2, 0.25) is 0 Å². The lowest BCUT2D eigenvalue weighted by atomic mass is 9.56. The SMILES string of the molecule is O=C1N(C23CCC(C(=O)O)(CC2)CC3)CC2(CC3CC3)CCCN12. The van der Waals surface area contributed by atoms with Crippen LogP contribution in [0, 0.1) is 11.3 Å². The Morgan fingerprint density at radius 2 is 1.71 bits per heavy atom. The number of carbonyl (C=O) groups is 2. The summed E-state index contributed by atoms with van der Waals surface area (Å²) in [4.78, 5) is 29.3. The molecule has 2 saturated heterocycles. The summed E-state index contributed by atoms with van der Waals surface area (Å²) in [5.74, 6) is 0.225. The minimum atomic E-state index is -0.616. The van der Waals surface area contributed by atoms with Crippen molar-refractivity contribution in [3.05, 3.63) is 0 Å². The first-order valence-electron chi connectivity index (χ1n) is 9.82. The van der Waals surface area contributed by atoms with Crippen LogP contribution in [0.5, 0.6) is 0 Å². The molecule has 6 aliphatic rings. The highest BCUT2D eigenvalue weighted by Gasteiger charge is 2.62. The first-order chi connectivity index (χ1) is 11.5. The summed E-state index contributed by atoms with van der Waals surface area (Å²) in [5.41, 5.74) is -0.437. The topological polar surface area (TPSA) is 60.9 Å². The molecule has 0 aromatic carbocycles. The van der Waals surface area contributed by atoms with Gasteiger partial charge in [0, 0.05) is 18.6 Å². The van der Waals surface area contributed by atoms with E-state index in [-0.39, 0.29) is 17.1 Å². The van der Waals surface area contributed by atoms with Gasteiger partial charge < -0.3 is 14.9 Å². The Kier molecular flexibility index (Phi) is 2.93. The van der Waals surface area contributed by atoms with Gasteiger partial charge in [-0.1, -0.05) is 12.8 Å². The van der Waals surface area contributed by atoms with Crippen molar-refractivity contribution in [3.63, 3.8) is 0 Å². The van der Waals surface area contributed by atoms with Crippen molar-refractivity contribution in [1.29, 1.82) is 0 Å². The van der Waals surface area contributed by atoms with Gasteiger partial charge >= 0.3 is 12.0 Å². The number of hydrogen-bond donors (Lipinski definition) is 1. The largest absolute Gasteiger partial charge is 0.481 e. The van der Waals surface area contributed by atoms with Crippen molar-refractivity contribution in [2.24, 2.45) is 11.3 Å². The molecular weight excluding hydrogens is 304 g/mol. The summed E-state index contributed by atoms with van der Waals surface area (Å²) in [7, 11) is 0. The highest BCUT2D eigenvalue weighted by Crippen LogP contribution is 2.57. The number of fused-ring (bicyclic) bond motifs is 4. The maximum Gasteiger partial charge on any atom is 0.321 e. The molecule has 5 nitrogen and oxygen atoms in total. The van der Waals surface area contributed by atoms with Gasteiger partial charge in [-0.25, -0.2) is 4.79 Å². The molecule has 2 bridgehead atoms. The predicted octanol–water partition coefficient (Wildman–Crippen LogP) is 3.23. The molecule has 2 aliphatic heterocycles. The van der Waals surface area contributed by atoms with Crippen LogP contribution in [0.2, 0.25) is 0 Å². The Morgan fingerprint density at radius 3 is 2.29 bits per heavy atom. The van der Waals surface area contributed by atoms with Crippen LogP contribution in [0.1, 0.15) is 70.6 Å². The third-order valence-corrected chi connectivity index (χ3v) is 8.11. The highest BCUT2D eigenvalue weighted by molar-refractivity contribution is 5.80. The maximum atomic E-state index is 13.2. The van der Waals surface area contributed by atoms with Crippen molar-refractivity contribution in [2.45, 2.75) is 81.7 Å². The van der Waals surface area contributed by atoms with Crippen molar-refractivity contribution >= 4 is 12.0 Å². The van der Waals surface area contributed by atoms with Gasteiger partial charge in [0.25, 0.3) is 0 Å².